The second-order valence-corrected chi connectivity index (χ2v) is 19.9. The van der Waals surface area contributed by atoms with E-state index in [2.05, 4.69) is 32.6 Å². The molecule has 1 fully saturated rings. The Balaban J connectivity index is 2.30. The molecule has 9 nitrogen and oxygen atoms in total. The van der Waals surface area contributed by atoms with Gasteiger partial charge in [-0.15, -0.1) is 0 Å². The summed E-state index contributed by atoms with van der Waals surface area (Å²) in [5.41, 5.74) is 0. The molecule has 0 aliphatic carbocycles. The van der Waals surface area contributed by atoms with Crippen LogP contribution in [0, 0.1) is 11.8 Å². The molecule has 1 aliphatic rings. The Hall–Kier alpha value is -1.71. The van der Waals surface area contributed by atoms with E-state index in [0.29, 0.717) is 70.6 Å². The van der Waals surface area contributed by atoms with Crippen molar-refractivity contribution >= 4 is 17.9 Å². The topological polar surface area (TPSA) is 101 Å². The minimum Gasteiger partial charge on any atom is -0.466 e. The zero-order valence-electron chi connectivity index (χ0n) is 43.6. The predicted molar refractivity (Wildman–Crippen MR) is 270 cm³/mol. The highest BCUT2D eigenvalue weighted by Crippen LogP contribution is 2.23. The summed E-state index contributed by atoms with van der Waals surface area (Å²) in [5.74, 6) is 1.19. The molecule has 0 N–H and O–H groups in total. The summed E-state index contributed by atoms with van der Waals surface area (Å²) in [7, 11) is 0. The number of hydrogen-bond acceptors (Lipinski definition) is 9. The first-order valence-electron chi connectivity index (χ1n) is 28.2. The van der Waals surface area contributed by atoms with Crippen molar-refractivity contribution in [2.75, 3.05) is 52.7 Å². The Kier molecular flexibility index (Phi) is 43.4. The van der Waals surface area contributed by atoms with Crippen molar-refractivity contribution in [2.45, 2.75) is 278 Å². The molecule has 0 aromatic rings. The normalized spacial score (nSPS) is 14.1. The highest BCUT2D eigenvalue weighted by molar-refractivity contribution is 5.70. The molecular formula is C56H107NO8. The van der Waals surface area contributed by atoms with E-state index < -0.39 is 0 Å². The highest BCUT2D eigenvalue weighted by Gasteiger charge is 2.19. The maximum absolute atomic E-state index is 12.6. The highest BCUT2D eigenvalue weighted by atomic mass is 16.6. The van der Waals surface area contributed by atoms with Crippen LogP contribution in [-0.2, 0) is 38.1 Å². The third-order valence-corrected chi connectivity index (χ3v) is 13.5. The fourth-order valence-corrected chi connectivity index (χ4v) is 9.31. The number of hydrogen-bond donors (Lipinski definition) is 0. The van der Waals surface area contributed by atoms with Gasteiger partial charge in [0, 0.05) is 38.9 Å². The van der Waals surface area contributed by atoms with Gasteiger partial charge >= 0.3 is 17.9 Å². The van der Waals surface area contributed by atoms with Gasteiger partial charge in [-0.25, -0.2) is 0 Å². The molecule has 1 rings (SSSR count). The average molecular weight is 922 g/mol. The van der Waals surface area contributed by atoms with E-state index in [9.17, 15) is 14.4 Å². The predicted octanol–water partition coefficient (Wildman–Crippen LogP) is 15.1. The second-order valence-electron chi connectivity index (χ2n) is 19.9. The van der Waals surface area contributed by atoms with E-state index >= 15 is 0 Å². The van der Waals surface area contributed by atoms with Gasteiger partial charge in [0.05, 0.1) is 25.9 Å². The Morgan fingerprint density at radius 2 is 0.892 bits per heavy atom. The van der Waals surface area contributed by atoms with Crippen LogP contribution in [0.4, 0.5) is 0 Å². The Labute approximate surface area is 402 Å². The molecule has 0 amide bonds. The molecule has 2 atom stereocenters. The number of ether oxygens (including phenoxy) is 5. The summed E-state index contributed by atoms with van der Waals surface area (Å²) in [6.07, 6.45) is 38.9. The van der Waals surface area contributed by atoms with E-state index in [1.807, 2.05) is 6.92 Å². The second kappa shape index (κ2) is 46.0. The minimum absolute atomic E-state index is 0.0312. The molecule has 0 aromatic heterocycles. The van der Waals surface area contributed by atoms with Crippen LogP contribution in [-0.4, -0.2) is 87.7 Å². The molecule has 0 aromatic carbocycles. The minimum atomic E-state index is -0.226. The van der Waals surface area contributed by atoms with Gasteiger partial charge in [-0.2, -0.15) is 0 Å². The van der Waals surface area contributed by atoms with Crippen molar-refractivity contribution in [3.05, 3.63) is 0 Å². The lowest BCUT2D eigenvalue weighted by molar-refractivity contribution is -0.151. The Morgan fingerprint density at radius 3 is 1.37 bits per heavy atom. The largest absolute Gasteiger partial charge is 0.466 e. The summed E-state index contributed by atoms with van der Waals surface area (Å²) in [6, 6.07) is 0. The van der Waals surface area contributed by atoms with E-state index in [1.54, 1.807) is 0 Å². The molecule has 1 saturated heterocycles. The fourth-order valence-electron chi connectivity index (χ4n) is 9.31. The summed E-state index contributed by atoms with van der Waals surface area (Å²) < 4.78 is 29.6. The Morgan fingerprint density at radius 1 is 0.462 bits per heavy atom. The number of carbonyl (C=O) groups is 3. The van der Waals surface area contributed by atoms with Gasteiger partial charge in [-0.1, -0.05) is 175 Å². The smallest absolute Gasteiger partial charge is 0.306 e. The molecule has 1 heterocycles. The van der Waals surface area contributed by atoms with Crippen molar-refractivity contribution in [3.63, 3.8) is 0 Å². The average Bonchev–Trinajstić information content (AvgIpc) is 3.81. The molecule has 0 saturated carbocycles. The van der Waals surface area contributed by atoms with Crippen LogP contribution < -0.4 is 0 Å². The third kappa shape index (κ3) is 39.9. The van der Waals surface area contributed by atoms with Gasteiger partial charge in [-0.05, 0) is 96.2 Å². The first-order chi connectivity index (χ1) is 31.8. The number of nitrogens with zero attached hydrogens (tertiary/aromatic N) is 1. The zero-order valence-corrected chi connectivity index (χ0v) is 43.6. The fraction of sp³-hybridized carbons (Fsp3) is 0.946. The lowest BCUT2D eigenvalue weighted by atomic mass is 9.92. The van der Waals surface area contributed by atoms with Gasteiger partial charge < -0.3 is 28.6 Å². The number of carbonyl (C=O) groups excluding carboxylic acids is 3. The van der Waals surface area contributed by atoms with Gasteiger partial charge in [0.2, 0.25) is 0 Å². The molecular weight excluding hydrogens is 815 g/mol. The van der Waals surface area contributed by atoms with E-state index in [0.717, 1.165) is 110 Å². The maximum atomic E-state index is 12.6. The Bertz CT molecular complexity index is 1050. The molecule has 65 heavy (non-hydrogen) atoms. The van der Waals surface area contributed by atoms with Crippen LogP contribution in [0.25, 0.3) is 0 Å². The SMILES string of the molecule is CCCCCC(CCCCC)CCOC(=O)CCCCCCCCOCC(CC(C)OC(=O)CCCN1CCCC1)OCCCCCCCC(=O)OCCC(CCCCC)CCCCC. The van der Waals surface area contributed by atoms with Crippen molar-refractivity contribution in [1.82, 2.24) is 4.90 Å². The van der Waals surface area contributed by atoms with E-state index in [1.165, 1.54) is 116 Å². The van der Waals surface area contributed by atoms with Gasteiger partial charge in [0.25, 0.3) is 0 Å². The standard InChI is InChI=1S/C56H107NO8/c1-6-10-21-32-51(33-22-11-7-2)39-46-63-54(58)36-25-17-14-15-19-29-44-61-49-53(48-50(5)65-56(60)38-31-43-57-41-27-28-42-57)62-45-30-20-16-18-26-37-55(59)64-47-40-52(34-23-12-8-3)35-24-13-9-4/h50-53H,6-49H2,1-5H3. The molecule has 0 radical (unpaired) electrons. The monoisotopic (exact) mass is 922 g/mol. The van der Waals surface area contributed by atoms with Crippen LogP contribution in [0.1, 0.15) is 266 Å². The lowest BCUT2D eigenvalue weighted by Crippen LogP contribution is -2.28. The van der Waals surface area contributed by atoms with Gasteiger partial charge in [0.15, 0.2) is 0 Å². The van der Waals surface area contributed by atoms with E-state index in [4.69, 9.17) is 23.7 Å². The van der Waals surface area contributed by atoms with Crippen LogP contribution in [0.5, 0.6) is 0 Å². The molecule has 0 bridgehead atoms. The first kappa shape index (κ1) is 61.3. The van der Waals surface area contributed by atoms with Crippen molar-refractivity contribution in [1.29, 1.82) is 0 Å². The van der Waals surface area contributed by atoms with Crippen molar-refractivity contribution in [3.8, 4) is 0 Å². The number of esters is 3. The molecule has 384 valence electrons. The lowest BCUT2D eigenvalue weighted by Gasteiger charge is -2.22. The maximum Gasteiger partial charge on any atom is 0.306 e. The van der Waals surface area contributed by atoms with Crippen LogP contribution in [0.2, 0.25) is 0 Å². The molecule has 0 spiro atoms. The molecule has 9 heteroatoms. The first-order valence-corrected chi connectivity index (χ1v) is 28.2. The van der Waals surface area contributed by atoms with Crippen molar-refractivity contribution in [2.24, 2.45) is 11.8 Å². The van der Waals surface area contributed by atoms with Crippen LogP contribution >= 0.6 is 0 Å². The summed E-state index contributed by atoms with van der Waals surface area (Å²) in [6.45, 7) is 17.3. The number of likely N-dealkylation sites (tertiary alicyclic amines) is 1. The molecule has 1 aliphatic heterocycles. The van der Waals surface area contributed by atoms with Crippen molar-refractivity contribution < 1.29 is 38.1 Å². The third-order valence-electron chi connectivity index (χ3n) is 13.5. The number of unbranched alkanes of at least 4 members (excludes halogenated alkanes) is 17. The van der Waals surface area contributed by atoms with Gasteiger partial charge in [-0.3, -0.25) is 14.4 Å². The van der Waals surface area contributed by atoms with E-state index in [-0.39, 0.29) is 30.1 Å². The zero-order chi connectivity index (χ0) is 47.3. The quantitative estimate of drug-likeness (QED) is 0.0335. The van der Waals surface area contributed by atoms with Crippen LogP contribution in [0.15, 0.2) is 0 Å². The van der Waals surface area contributed by atoms with Gasteiger partial charge in [0.1, 0.15) is 6.10 Å². The van der Waals surface area contributed by atoms with Crippen LogP contribution in [0.3, 0.4) is 0 Å². The molecule has 2 unspecified atom stereocenters. The summed E-state index contributed by atoms with van der Waals surface area (Å²) in [5, 5.41) is 0. The number of rotatable bonds is 49. The summed E-state index contributed by atoms with van der Waals surface area (Å²) in [4.78, 5) is 39.9. The summed E-state index contributed by atoms with van der Waals surface area (Å²) >= 11 is 0.